The van der Waals surface area contributed by atoms with Crippen molar-refractivity contribution >= 4 is 92.2 Å². The maximum atomic E-state index is 13.8. The summed E-state index contributed by atoms with van der Waals surface area (Å²) in [5.41, 5.74) is 0. The summed E-state index contributed by atoms with van der Waals surface area (Å²) in [6.45, 7) is 0. The van der Waals surface area contributed by atoms with Gasteiger partial charge in [-0.05, 0) is 0 Å². The van der Waals surface area contributed by atoms with Gasteiger partial charge in [0.2, 0.25) is 0 Å². The first-order valence-electron chi connectivity index (χ1n) is 28.2. The molecule has 0 fully saturated rings. The van der Waals surface area contributed by atoms with Crippen molar-refractivity contribution in [3.8, 4) is 0 Å². The maximum absolute atomic E-state index is 13.8. The molecule has 1 radical (unpaired) electrons. The molecule has 16 nitrogen and oxygen atoms in total. The van der Waals surface area contributed by atoms with Crippen LogP contribution in [0.15, 0.2) is 364 Å². The Morgan fingerprint density at radius 2 is 0.198 bits per heavy atom. The summed E-state index contributed by atoms with van der Waals surface area (Å²) in [4.78, 5) is 0. The molecular weight excluding hydrogens is 1410 g/mol. The first-order chi connectivity index (χ1) is 45.3. The number of rotatable bonds is 12. The Labute approximate surface area is 574 Å². The zero-order chi connectivity index (χ0) is 68.9. The molecule has 0 amide bonds. The van der Waals surface area contributed by atoms with E-state index < -0.39 is 59.3 Å². The predicted molar refractivity (Wildman–Crippen MR) is 343 cm³/mol. The van der Waals surface area contributed by atoms with Crippen molar-refractivity contribution in [2.45, 2.75) is 0 Å². The Balaban J connectivity index is 0.000000215. The molecule has 0 heterocycles. The molecule has 0 aliphatic carbocycles. The first kappa shape index (κ1) is 79.2. The molecule has 0 aliphatic rings. The Hall–Kier alpha value is -7.53. The van der Waals surface area contributed by atoms with Crippen LogP contribution in [0.3, 0.4) is 0 Å². The van der Waals surface area contributed by atoms with Crippen LogP contribution in [0.2, 0.25) is 0 Å². The molecule has 96 heavy (non-hydrogen) atoms. The van der Waals surface area contributed by atoms with Crippen LogP contribution in [-0.2, 0) is 35.3 Å². The number of hydrogen-bond donors (Lipinski definition) is 0. The fourth-order valence-electron chi connectivity index (χ4n) is 9.44. The fraction of sp³-hybridized carbons (Fsp3) is 0. The zero-order valence-electron chi connectivity index (χ0n) is 50.4. The van der Waals surface area contributed by atoms with Gasteiger partial charge in [0, 0.05) is 63.7 Å². The minimum absolute atomic E-state index is 0. The summed E-state index contributed by atoms with van der Waals surface area (Å²) >= 11 is 0. The van der Waals surface area contributed by atoms with E-state index in [1.54, 1.807) is 0 Å². The molecule has 12 aromatic carbocycles. The molecule has 0 saturated heterocycles. The molecule has 0 spiro atoms. The summed E-state index contributed by atoms with van der Waals surface area (Å²) in [7, 11) is -25.9. The van der Waals surface area contributed by atoms with Crippen LogP contribution in [-0.4, -0.2) is 0 Å². The summed E-state index contributed by atoms with van der Waals surface area (Å²) in [5.74, 6) is 0. The van der Waals surface area contributed by atoms with E-state index in [1.807, 2.05) is 364 Å². The Bertz CT molecular complexity index is 3330. The van der Waals surface area contributed by atoms with E-state index in [4.69, 9.17) is 55.9 Å². The van der Waals surface area contributed by atoms with E-state index >= 15 is 0 Å². The number of benzene rings is 12. The molecule has 12 aromatic rings. The minimum atomic E-state index is -4.94. The molecule has 12 rings (SSSR count). The number of hydrogen-bond acceptors (Lipinski definition) is 16. The topological polar surface area (TPSA) is 345 Å². The van der Waals surface area contributed by atoms with Gasteiger partial charge in [-0.2, -0.15) is 0 Å². The number of halogens is 3. The fourth-order valence-corrected chi connectivity index (χ4v) is 20.1. The van der Waals surface area contributed by atoms with E-state index in [-0.39, 0.29) is 17.1 Å². The van der Waals surface area contributed by atoms with Gasteiger partial charge in [-0.1, -0.05) is 364 Å². The van der Waals surface area contributed by atoms with Gasteiger partial charge in [-0.15, -0.1) is 30.7 Å². The van der Waals surface area contributed by atoms with Crippen molar-refractivity contribution in [1.29, 1.82) is 0 Å². The van der Waals surface area contributed by atoms with Crippen LogP contribution < -0.4 is 120 Å². The van der Waals surface area contributed by atoms with Crippen molar-refractivity contribution in [3.05, 3.63) is 364 Å². The van der Waals surface area contributed by atoms with Gasteiger partial charge in [-0.25, -0.2) is 55.9 Å². The average Bonchev–Trinajstić information content (AvgIpc) is 0.813. The van der Waals surface area contributed by atoms with Gasteiger partial charge in [-0.3, -0.25) is 0 Å². The molecule has 0 saturated carbocycles. The molecule has 0 aliphatic heterocycles. The normalized spacial score (nSPS) is 11.2. The third-order valence-corrected chi connectivity index (χ3v) is 25.7. The molecule has 0 atom stereocenters. The predicted octanol–water partition coefficient (Wildman–Crippen LogP) is -0.966. The van der Waals surface area contributed by atoms with Crippen LogP contribution >= 0.6 is 28.6 Å². The quantitative estimate of drug-likeness (QED) is 0.105. The van der Waals surface area contributed by atoms with E-state index in [9.17, 15) is 18.3 Å². The second kappa shape index (κ2) is 38.4. The van der Waals surface area contributed by atoms with Crippen molar-refractivity contribution in [2.75, 3.05) is 0 Å². The van der Waals surface area contributed by atoms with Crippen LogP contribution in [0, 0.1) is 30.7 Å². The van der Waals surface area contributed by atoms with E-state index in [0.717, 1.165) is 63.7 Å². The monoisotopic (exact) mass is 1470 g/mol. The standard InChI is InChI=1S/4C18H15OP.3ClHO4.Fe/c4*19-20(16-10-4-1-5-11-16,17-12-6-2-7-13-17)18-14-8-3-9-15-18;3*2-1(3,4)5;/h4*1-15H;3*(H,2,3,4,5);/q;;;;;;;+3/p-3. The van der Waals surface area contributed by atoms with Crippen molar-refractivity contribution in [1.82, 2.24) is 0 Å². The molecule has 0 N–H and O–H groups in total. The second-order valence-electron chi connectivity index (χ2n) is 19.6. The second-order valence-corrected chi connectivity index (χ2v) is 32.9. The van der Waals surface area contributed by atoms with Crippen molar-refractivity contribution < 1.29 is 122 Å². The Morgan fingerprint density at radius 1 is 0.146 bits per heavy atom. The van der Waals surface area contributed by atoms with Crippen LogP contribution in [0.25, 0.3) is 0 Å². The molecule has 0 unspecified atom stereocenters. The Morgan fingerprint density at radius 3 is 0.250 bits per heavy atom. The molecule has 0 bridgehead atoms. The summed E-state index contributed by atoms with van der Waals surface area (Å²) < 4.78 is 157. The first-order valence-corrected chi connectivity index (χ1v) is 38.7. The van der Waals surface area contributed by atoms with Crippen LogP contribution in [0.1, 0.15) is 0 Å². The SMILES string of the molecule is O=P(c1ccccc1)(c1ccccc1)c1ccccc1.O=P(c1ccccc1)(c1ccccc1)c1ccccc1.O=P(c1ccccc1)(c1ccccc1)c1ccccc1.O=P(c1ccccc1)(c1ccccc1)c1ccccc1.[Fe+3].[O-][Cl+3]([O-])([O-])[O-].[O-][Cl+3]([O-])([O-])[O-].[O-][Cl+3]([O-])([O-])[O-]. The van der Waals surface area contributed by atoms with Gasteiger partial charge < -0.3 is 18.3 Å². The summed E-state index contributed by atoms with van der Waals surface area (Å²) in [6, 6.07) is 117. The molecular formula is C72H60Cl3FeO16P4. The van der Waals surface area contributed by atoms with Crippen molar-refractivity contribution in [2.24, 2.45) is 0 Å². The largest absolute Gasteiger partial charge is 3.00 e. The summed E-state index contributed by atoms with van der Waals surface area (Å²) in [6.07, 6.45) is 0. The van der Waals surface area contributed by atoms with Gasteiger partial charge in [0.25, 0.3) is 0 Å². The molecule has 493 valence electrons. The zero-order valence-corrected chi connectivity index (χ0v) is 57.4. The van der Waals surface area contributed by atoms with E-state index in [2.05, 4.69) is 0 Å². The third kappa shape index (κ3) is 24.5. The van der Waals surface area contributed by atoms with E-state index in [1.165, 1.54) is 0 Å². The van der Waals surface area contributed by atoms with Gasteiger partial charge in [0.05, 0.1) is 0 Å². The van der Waals surface area contributed by atoms with Gasteiger partial charge in [0.15, 0.2) is 28.6 Å². The van der Waals surface area contributed by atoms with Crippen LogP contribution in [0.5, 0.6) is 0 Å². The van der Waals surface area contributed by atoms with Gasteiger partial charge in [0.1, 0.15) is 0 Å². The van der Waals surface area contributed by atoms with Crippen molar-refractivity contribution in [3.63, 3.8) is 0 Å². The van der Waals surface area contributed by atoms with Gasteiger partial charge >= 0.3 is 17.1 Å². The Kier molecular flexibility index (Phi) is 31.7. The molecule has 24 heteroatoms. The smallest absolute Gasteiger partial charge is 0.309 e. The van der Waals surface area contributed by atoms with E-state index in [0.29, 0.717) is 0 Å². The van der Waals surface area contributed by atoms with Crippen LogP contribution in [0.4, 0.5) is 0 Å². The average molecular weight is 1470 g/mol. The minimum Gasteiger partial charge on any atom is -0.309 e. The third-order valence-electron chi connectivity index (χ3n) is 13.4. The maximum Gasteiger partial charge on any atom is 3.00 e. The molecule has 0 aromatic heterocycles. The summed E-state index contributed by atoms with van der Waals surface area (Å²) in [5, 5.41) is 10.5.